The third-order valence-corrected chi connectivity index (χ3v) is 4.42. The number of rotatable bonds is 7. The molecule has 2 aromatic heterocycles. The van der Waals surface area contributed by atoms with Gasteiger partial charge >= 0.3 is 0 Å². The van der Waals surface area contributed by atoms with Crippen LogP contribution < -0.4 is 10.0 Å². The molecule has 0 radical (unpaired) electrons. The Morgan fingerprint density at radius 2 is 2.10 bits per heavy atom. The molecule has 2 rings (SSSR count). The Balaban J connectivity index is 2.05. The van der Waals surface area contributed by atoms with Gasteiger partial charge in [-0.2, -0.15) is 5.10 Å². The van der Waals surface area contributed by atoms with Crippen molar-refractivity contribution in [3.8, 4) is 0 Å². The van der Waals surface area contributed by atoms with Gasteiger partial charge in [0.1, 0.15) is 12.2 Å². The summed E-state index contributed by atoms with van der Waals surface area (Å²) in [5.74, 6) is 0.468. The largest absolute Gasteiger partial charge is 0.363 e. The van der Waals surface area contributed by atoms with Crippen LogP contribution in [-0.4, -0.2) is 34.6 Å². The minimum absolute atomic E-state index is 0.203. The van der Waals surface area contributed by atoms with Gasteiger partial charge in [-0.25, -0.2) is 18.1 Å². The zero-order chi connectivity index (χ0) is 15.5. The summed E-state index contributed by atoms with van der Waals surface area (Å²) in [6.45, 7) is 6.35. The van der Waals surface area contributed by atoms with Crippen molar-refractivity contribution in [3.05, 3.63) is 30.1 Å². The van der Waals surface area contributed by atoms with E-state index in [-0.39, 0.29) is 4.90 Å². The molecular formula is C12H20N6O2S. The fraction of sp³-hybridized carbons (Fsp3) is 0.500. The zero-order valence-corrected chi connectivity index (χ0v) is 13.0. The van der Waals surface area contributed by atoms with E-state index in [9.17, 15) is 8.42 Å². The Morgan fingerprint density at radius 1 is 1.33 bits per heavy atom. The fourth-order valence-corrected chi connectivity index (χ4v) is 2.99. The molecule has 0 spiro atoms. The Kier molecular flexibility index (Phi) is 4.76. The van der Waals surface area contributed by atoms with Gasteiger partial charge in [0.15, 0.2) is 0 Å². The summed E-state index contributed by atoms with van der Waals surface area (Å²) in [5, 5.41) is 9.57. The molecule has 0 saturated heterocycles. The maximum Gasteiger partial charge on any atom is 0.242 e. The van der Waals surface area contributed by atoms with E-state index in [0.29, 0.717) is 18.4 Å². The minimum Gasteiger partial charge on any atom is -0.363 e. The summed E-state index contributed by atoms with van der Waals surface area (Å²) >= 11 is 0. The van der Waals surface area contributed by atoms with E-state index < -0.39 is 16.1 Å². The van der Waals surface area contributed by atoms with Crippen molar-refractivity contribution in [2.24, 2.45) is 0 Å². The van der Waals surface area contributed by atoms with Gasteiger partial charge in [0.2, 0.25) is 10.0 Å². The molecule has 116 valence electrons. The van der Waals surface area contributed by atoms with Gasteiger partial charge in [-0.1, -0.05) is 13.8 Å². The van der Waals surface area contributed by atoms with E-state index in [4.69, 9.17) is 0 Å². The maximum absolute atomic E-state index is 12.3. The predicted molar refractivity (Wildman–Crippen MR) is 77.9 cm³/mol. The zero-order valence-electron chi connectivity index (χ0n) is 12.2. The molecule has 0 fully saturated rings. The minimum atomic E-state index is -3.60. The molecule has 0 aliphatic carbocycles. The van der Waals surface area contributed by atoms with Gasteiger partial charge in [0.05, 0.1) is 10.9 Å². The normalized spacial score (nSPS) is 13.7. The molecule has 1 unspecified atom stereocenters. The van der Waals surface area contributed by atoms with Gasteiger partial charge in [0, 0.05) is 24.5 Å². The van der Waals surface area contributed by atoms with Gasteiger partial charge in [-0.05, 0) is 13.0 Å². The van der Waals surface area contributed by atoms with Crippen LogP contribution in [0.25, 0.3) is 0 Å². The molecule has 0 aromatic carbocycles. The molecule has 2 aromatic rings. The summed E-state index contributed by atoms with van der Waals surface area (Å²) in [7, 11) is -3.60. The highest BCUT2D eigenvalue weighted by Gasteiger charge is 2.21. The Labute approximate surface area is 123 Å². The summed E-state index contributed by atoms with van der Waals surface area (Å²) in [6.07, 6.45) is 2.82. The van der Waals surface area contributed by atoms with E-state index in [1.807, 2.05) is 13.8 Å². The van der Waals surface area contributed by atoms with Gasteiger partial charge in [-0.15, -0.1) is 0 Å². The molecule has 2 heterocycles. The number of nitrogens with zero attached hydrogens (tertiary/aromatic N) is 2. The third-order valence-electron chi connectivity index (χ3n) is 2.90. The van der Waals surface area contributed by atoms with Crippen LogP contribution in [0.3, 0.4) is 0 Å². The molecule has 1 atom stereocenters. The van der Waals surface area contributed by atoms with Crippen molar-refractivity contribution in [1.82, 2.24) is 30.2 Å². The van der Waals surface area contributed by atoms with Crippen LogP contribution in [0.15, 0.2) is 23.5 Å². The van der Waals surface area contributed by atoms with Crippen molar-refractivity contribution in [1.29, 1.82) is 0 Å². The lowest BCUT2D eigenvalue weighted by molar-refractivity contribution is 0.560. The third kappa shape index (κ3) is 4.13. The molecule has 0 saturated carbocycles. The topological polar surface area (TPSA) is 116 Å². The molecule has 0 amide bonds. The maximum atomic E-state index is 12.3. The van der Waals surface area contributed by atoms with Gasteiger partial charge < -0.3 is 10.3 Å². The molecule has 0 bridgehead atoms. The van der Waals surface area contributed by atoms with Crippen LogP contribution >= 0.6 is 0 Å². The van der Waals surface area contributed by atoms with Crippen molar-refractivity contribution >= 4 is 10.0 Å². The summed E-state index contributed by atoms with van der Waals surface area (Å²) in [4.78, 5) is 7.10. The Hall–Kier alpha value is -1.71. The number of aromatic amines is 2. The second-order valence-corrected chi connectivity index (χ2v) is 6.82. The van der Waals surface area contributed by atoms with E-state index in [1.165, 1.54) is 12.5 Å². The summed E-state index contributed by atoms with van der Waals surface area (Å²) < 4.78 is 27.1. The first-order chi connectivity index (χ1) is 9.88. The quantitative estimate of drug-likeness (QED) is 0.600. The first-order valence-electron chi connectivity index (χ1n) is 6.67. The van der Waals surface area contributed by atoms with Gasteiger partial charge in [-0.3, -0.25) is 5.10 Å². The lowest BCUT2D eigenvalue weighted by atomic mass is 10.3. The lowest BCUT2D eigenvalue weighted by Crippen LogP contribution is -2.27. The number of hydrogen-bond acceptors (Lipinski definition) is 5. The highest BCUT2D eigenvalue weighted by Crippen LogP contribution is 2.15. The number of sulfonamides is 1. The number of aromatic nitrogens is 4. The van der Waals surface area contributed by atoms with Gasteiger partial charge in [0.25, 0.3) is 0 Å². The standard InChI is InChI=1S/C12H20N6O2S/c1-8(2)13-5-10-4-11(6-14-10)21(19,20)18-9(3)12-15-7-16-17-12/h4,6-9,13-14,18H,5H2,1-3H3,(H,15,16,17). The van der Waals surface area contributed by atoms with Crippen LogP contribution in [0.2, 0.25) is 0 Å². The molecule has 0 aliphatic heterocycles. The van der Waals surface area contributed by atoms with E-state index in [2.05, 4.69) is 30.2 Å². The average molecular weight is 312 g/mol. The van der Waals surface area contributed by atoms with Crippen LogP contribution in [0, 0.1) is 0 Å². The van der Waals surface area contributed by atoms with E-state index in [1.54, 1.807) is 13.0 Å². The van der Waals surface area contributed by atoms with Crippen molar-refractivity contribution < 1.29 is 8.42 Å². The first kappa shape index (κ1) is 15.7. The number of hydrogen-bond donors (Lipinski definition) is 4. The summed E-state index contributed by atoms with van der Waals surface area (Å²) in [6, 6.07) is 1.47. The second kappa shape index (κ2) is 6.37. The lowest BCUT2D eigenvalue weighted by Gasteiger charge is -2.10. The number of nitrogens with one attached hydrogen (secondary N) is 4. The Bertz CT molecular complexity index is 662. The van der Waals surface area contributed by atoms with Crippen LogP contribution in [-0.2, 0) is 16.6 Å². The van der Waals surface area contributed by atoms with Crippen molar-refractivity contribution in [2.45, 2.75) is 44.3 Å². The fourth-order valence-electron chi connectivity index (χ4n) is 1.77. The van der Waals surface area contributed by atoms with E-state index >= 15 is 0 Å². The smallest absolute Gasteiger partial charge is 0.242 e. The molecule has 8 nitrogen and oxygen atoms in total. The molecular weight excluding hydrogens is 292 g/mol. The van der Waals surface area contributed by atoms with Crippen molar-refractivity contribution in [2.75, 3.05) is 0 Å². The second-order valence-electron chi connectivity index (χ2n) is 5.11. The highest BCUT2D eigenvalue weighted by molar-refractivity contribution is 7.89. The molecule has 4 N–H and O–H groups in total. The molecule has 0 aliphatic rings. The van der Waals surface area contributed by atoms with Crippen LogP contribution in [0.1, 0.15) is 38.3 Å². The SMILES string of the molecule is CC(C)NCc1cc(S(=O)(=O)NC(C)c2ncn[nH]2)c[nH]1. The highest BCUT2D eigenvalue weighted by atomic mass is 32.2. The monoisotopic (exact) mass is 312 g/mol. The first-order valence-corrected chi connectivity index (χ1v) is 8.15. The van der Waals surface area contributed by atoms with Crippen LogP contribution in [0.5, 0.6) is 0 Å². The summed E-state index contributed by atoms with van der Waals surface area (Å²) in [5.41, 5.74) is 0.816. The van der Waals surface area contributed by atoms with Crippen molar-refractivity contribution in [3.63, 3.8) is 0 Å². The molecule has 9 heteroatoms. The molecule has 21 heavy (non-hydrogen) atoms. The average Bonchev–Trinajstić information content (AvgIpc) is 3.07. The predicted octanol–water partition coefficient (Wildman–Crippen LogP) is 0.670. The Morgan fingerprint density at radius 3 is 2.71 bits per heavy atom. The number of H-pyrrole nitrogens is 2. The van der Waals surface area contributed by atoms with Crippen LogP contribution in [0.4, 0.5) is 0 Å². The van der Waals surface area contributed by atoms with E-state index in [0.717, 1.165) is 5.69 Å².